The van der Waals surface area contributed by atoms with E-state index in [-0.39, 0.29) is 22.9 Å². The third kappa shape index (κ3) is 2.96. The molecule has 0 saturated heterocycles. The number of carbonyl (C=O) groups is 2. The van der Waals surface area contributed by atoms with E-state index in [0.717, 1.165) is 31.4 Å². The molecular formula is C15H18N4O4. The number of amides is 1. The quantitative estimate of drug-likeness (QED) is 0.782. The highest BCUT2D eigenvalue weighted by atomic mass is 16.4. The van der Waals surface area contributed by atoms with Gasteiger partial charge in [0, 0.05) is 12.0 Å². The third-order valence-corrected chi connectivity index (χ3v) is 4.21. The molecule has 1 aliphatic carbocycles. The van der Waals surface area contributed by atoms with Gasteiger partial charge in [-0.2, -0.15) is 5.10 Å². The molecule has 23 heavy (non-hydrogen) atoms. The molecule has 3 N–H and O–H groups in total. The number of aromatic hydroxyl groups is 1. The van der Waals surface area contributed by atoms with Gasteiger partial charge in [-0.1, -0.05) is 19.3 Å². The molecule has 1 aliphatic rings. The summed E-state index contributed by atoms with van der Waals surface area (Å²) in [5.41, 5.74) is 1.03. The van der Waals surface area contributed by atoms with Gasteiger partial charge in [0.15, 0.2) is 5.65 Å². The molecule has 8 heteroatoms. The van der Waals surface area contributed by atoms with E-state index >= 15 is 0 Å². The summed E-state index contributed by atoms with van der Waals surface area (Å²) in [7, 11) is 0. The van der Waals surface area contributed by atoms with Crippen molar-refractivity contribution in [1.82, 2.24) is 19.9 Å². The fourth-order valence-electron chi connectivity index (χ4n) is 3.14. The van der Waals surface area contributed by atoms with Crippen molar-refractivity contribution in [1.29, 1.82) is 0 Å². The summed E-state index contributed by atoms with van der Waals surface area (Å²) in [5.74, 6) is -1.77. The molecule has 0 radical (unpaired) electrons. The second-order valence-electron chi connectivity index (χ2n) is 5.74. The van der Waals surface area contributed by atoms with Gasteiger partial charge in [0.05, 0.1) is 5.69 Å². The fraction of sp³-hybridized carbons (Fsp3) is 0.467. The minimum absolute atomic E-state index is 0.0525. The van der Waals surface area contributed by atoms with Gasteiger partial charge in [-0.3, -0.25) is 9.59 Å². The zero-order valence-electron chi connectivity index (χ0n) is 12.5. The molecular weight excluding hydrogens is 300 g/mol. The molecule has 8 nitrogen and oxygen atoms in total. The summed E-state index contributed by atoms with van der Waals surface area (Å²) in [6, 6.07) is 1.55. The first-order valence-corrected chi connectivity index (χ1v) is 7.63. The van der Waals surface area contributed by atoms with Crippen molar-refractivity contribution < 1.29 is 19.8 Å². The van der Waals surface area contributed by atoms with Gasteiger partial charge in [0.2, 0.25) is 0 Å². The number of pyridine rings is 1. The van der Waals surface area contributed by atoms with Crippen molar-refractivity contribution in [2.45, 2.75) is 38.0 Å². The molecule has 0 aromatic carbocycles. The fourth-order valence-corrected chi connectivity index (χ4v) is 3.14. The number of fused-ring (bicyclic) bond motifs is 1. The van der Waals surface area contributed by atoms with Crippen LogP contribution in [0.25, 0.3) is 5.65 Å². The number of hydrogen-bond acceptors (Lipinski definition) is 5. The molecule has 1 saturated carbocycles. The van der Waals surface area contributed by atoms with Crippen LogP contribution in [0.5, 0.6) is 5.75 Å². The van der Waals surface area contributed by atoms with Crippen molar-refractivity contribution in [2.24, 2.45) is 0 Å². The van der Waals surface area contributed by atoms with Crippen molar-refractivity contribution in [2.75, 3.05) is 6.54 Å². The van der Waals surface area contributed by atoms with Crippen LogP contribution in [0.3, 0.4) is 0 Å². The Morgan fingerprint density at radius 1 is 1.30 bits per heavy atom. The molecule has 0 aliphatic heterocycles. The second-order valence-corrected chi connectivity index (χ2v) is 5.74. The van der Waals surface area contributed by atoms with Gasteiger partial charge >= 0.3 is 5.97 Å². The summed E-state index contributed by atoms with van der Waals surface area (Å²) in [6.07, 6.45) is 6.82. The van der Waals surface area contributed by atoms with Crippen LogP contribution in [-0.2, 0) is 4.79 Å². The lowest BCUT2D eigenvalue weighted by molar-refractivity contribution is -0.135. The predicted octanol–water partition coefficient (Wildman–Crippen LogP) is 1.30. The maximum absolute atomic E-state index is 12.2. The SMILES string of the molecule is O=C(O)CNC(=O)c1c(O)cc(C2CCCCC2)n2ncnc12. The Morgan fingerprint density at radius 2 is 2.04 bits per heavy atom. The Kier molecular flexibility index (Phi) is 4.14. The maximum Gasteiger partial charge on any atom is 0.322 e. The molecule has 122 valence electrons. The van der Waals surface area contributed by atoms with E-state index in [1.54, 1.807) is 10.6 Å². The summed E-state index contributed by atoms with van der Waals surface area (Å²) in [5, 5.41) is 25.4. The lowest BCUT2D eigenvalue weighted by Gasteiger charge is -2.23. The molecule has 0 unspecified atom stereocenters. The average molecular weight is 318 g/mol. The number of nitrogens with one attached hydrogen (secondary N) is 1. The topological polar surface area (TPSA) is 117 Å². The normalized spacial score (nSPS) is 15.7. The van der Waals surface area contributed by atoms with E-state index in [0.29, 0.717) is 0 Å². The summed E-state index contributed by atoms with van der Waals surface area (Å²) < 4.78 is 1.57. The minimum Gasteiger partial charge on any atom is -0.507 e. The van der Waals surface area contributed by atoms with E-state index in [9.17, 15) is 14.7 Å². The van der Waals surface area contributed by atoms with Gasteiger partial charge in [-0.05, 0) is 12.8 Å². The van der Waals surface area contributed by atoms with Crippen LogP contribution in [0.15, 0.2) is 12.4 Å². The van der Waals surface area contributed by atoms with Gasteiger partial charge in [0.1, 0.15) is 24.2 Å². The highest BCUT2D eigenvalue weighted by Crippen LogP contribution is 2.35. The highest BCUT2D eigenvalue weighted by molar-refractivity contribution is 6.03. The number of carbonyl (C=O) groups excluding carboxylic acids is 1. The van der Waals surface area contributed by atoms with E-state index < -0.39 is 18.4 Å². The predicted molar refractivity (Wildman–Crippen MR) is 80.4 cm³/mol. The van der Waals surface area contributed by atoms with Crippen LogP contribution < -0.4 is 5.32 Å². The van der Waals surface area contributed by atoms with Crippen molar-refractivity contribution >= 4 is 17.5 Å². The second kappa shape index (κ2) is 6.23. The molecule has 2 aromatic rings. The van der Waals surface area contributed by atoms with Gasteiger partial charge in [0.25, 0.3) is 5.91 Å². The van der Waals surface area contributed by atoms with Crippen LogP contribution >= 0.6 is 0 Å². The molecule has 3 rings (SSSR count). The summed E-state index contributed by atoms with van der Waals surface area (Å²) >= 11 is 0. The van der Waals surface area contributed by atoms with Gasteiger partial charge in [-0.15, -0.1) is 0 Å². The molecule has 0 atom stereocenters. The third-order valence-electron chi connectivity index (χ3n) is 4.21. The highest BCUT2D eigenvalue weighted by Gasteiger charge is 2.25. The summed E-state index contributed by atoms with van der Waals surface area (Å²) in [6.45, 7) is -0.525. The minimum atomic E-state index is -1.16. The first kappa shape index (κ1) is 15.3. The molecule has 1 fully saturated rings. The smallest absolute Gasteiger partial charge is 0.322 e. The number of nitrogens with zero attached hydrogens (tertiary/aromatic N) is 3. The van der Waals surface area contributed by atoms with Crippen LogP contribution in [0.2, 0.25) is 0 Å². The van der Waals surface area contributed by atoms with Crippen molar-refractivity contribution in [3.63, 3.8) is 0 Å². The Labute approximate surface area is 132 Å². The number of aromatic nitrogens is 3. The number of carboxylic acids is 1. The molecule has 2 heterocycles. The average Bonchev–Trinajstić information content (AvgIpc) is 3.01. The monoisotopic (exact) mass is 318 g/mol. The number of carboxylic acid groups (broad SMARTS) is 1. The Bertz CT molecular complexity index is 749. The van der Waals surface area contributed by atoms with E-state index in [2.05, 4.69) is 15.4 Å². The van der Waals surface area contributed by atoms with Crippen LogP contribution in [-0.4, -0.2) is 43.2 Å². The van der Waals surface area contributed by atoms with Crippen molar-refractivity contribution in [3.05, 3.63) is 23.7 Å². The van der Waals surface area contributed by atoms with Gasteiger partial charge < -0.3 is 15.5 Å². The van der Waals surface area contributed by atoms with E-state index in [1.165, 1.54) is 12.7 Å². The zero-order valence-corrected chi connectivity index (χ0v) is 12.5. The Balaban J connectivity index is 2.00. The molecule has 1 amide bonds. The Morgan fingerprint density at radius 3 is 2.74 bits per heavy atom. The molecule has 0 bridgehead atoms. The van der Waals surface area contributed by atoms with Crippen molar-refractivity contribution in [3.8, 4) is 5.75 Å². The first-order valence-electron chi connectivity index (χ1n) is 7.63. The first-order chi connectivity index (χ1) is 11.1. The van der Waals surface area contributed by atoms with E-state index in [4.69, 9.17) is 5.11 Å². The van der Waals surface area contributed by atoms with Crippen LogP contribution in [0.1, 0.15) is 54.1 Å². The molecule has 0 spiro atoms. The Hall–Kier alpha value is -2.64. The number of rotatable bonds is 4. The lowest BCUT2D eigenvalue weighted by Crippen LogP contribution is -2.30. The van der Waals surface area contributed by atoms with E-state index in [1.807, 2.05) is 0 Å². The lowest BCUT2D eigenvalue weighted by atomic mass is 9.86. The number of aliphatic carboxylic acids is 1. The largest absolute Gasteiger partial charge is 0.507 e. The molecule has 2 aromatic heterocycles. The van der Waals surface area contributed by atoms with Crippen LogP contribution in [0.4, 0.5) is 0 Å². The zero-order chi connectivity index (χ0) is 16.4. The maximum atomic E-state index is 12.2. The van der Waals surface area contributed by atoms with Crippen LogP contribution in [0, 0.1) is 0 Å². The van der Waals surface area contributed by atoms with Gasteiger partial charge in [-0.25, -0.2) is 9.50 Å². The number of hydrogen-bond donors (Lipinski definition) is 3. The summed E-state index contributed by atoms with van der Waals surface area (Å²) in [4.78, 5) is 26.8. The standard InChI is InChI=1S/C15H18N4O4/c20-11-6-10(9-4-2-1-3-5-9)19-14(17-8-18-19)13(11)15(23)16-7-12(21)22/h6,8-9,20H,1-5,7H2,(H,16,23)(H,21,22).